The number of aliphatic hydroxyl groups excluding tert-OH is 1. The van der Waals surface area contributed by atoms with E-state index in [9.17, 15) is 5.11 Å². The van der Waals surface area contributed by atoms with Gasteiger partial charge in [0.25, 0.3) is 0 Å². The molecular weight excluding hydrogens is 228 g/mol. The van der Waals surface area contributed by atoms with Crippen molar-refractivity contribution in [2.45, 2.75) is 45.3 Å². The molecule has 0 amide bonds. The van der Waals surface area contributed by atoms with E-state index in [0.717, 1.165) is 12.2 Å². The van der Waals surface area contributed by atoms with Gasteiger partial charge in [-0.3, -0.25) is 0 Å². The number of aryl methyl sites for hydroxylation is 1. The Kier molecular flexibility index (Phi) is 5.63. The standard InChI is InChI=1S/C15H24O3/c1-5-18-15(2,3)14(16)11-8-12-6-9-13(17-4)10-7-12/h6-7,9-10,14,16H,5,8,11H2,1-4H3. The molecule has 0 saturated carbocycles. The van der Waals surface area contributed by atoms with E-state index in [0.29, 0.717) is 13.0 Å². The van der Waals surface area contributed by atoms with E-state index in [-0.39, 0.29) is 0 Å². The van der Waals surface area contributed by atoms with E-state index in [2.05, 4.69) is 0 Å². The van der Waals surface area contributed by atoms with Gasteiger partial charge in [-0.2, -0.15) is 0 Å². The highest BCUT2D eigenvalue weighted by atomic mass is 16.5. The van der Waals surface area contributed by atoms with Crippen molar-refractivity contribution in [3.63, 3.8) is 0 Å². The van der Waals surface area contributed by atoms with Crippen LogP contribution in [0.25, 0.3) is 0 Å². The summed E-state index contributed by atoms with van der Waals surface area (Å²) in [6.07, 6.45) is 1.07. The van der Waals surface area contributed by atoms with Crippen LogP contribution in [0.5, 0.6) is 5.75 Å². The molecule has 0 aliphatic rings. The van der Waals surface area contributed by atoms with Gasteiger partial charge >= 0.3 is 0 Å². The third kappa shape index (κ3) is 4.31. The van der Waals surface area contributed by atoms with Crippen LogP contribution < -0.4 is 4.74 Å². The first-order chi connectivity index (χ1) is 8.49. The molecule has 0 radical (unpaired) electrons. The van der Waals surface area contributed by atoms with E-state index in [1.54, 1.807) is 7.11 Å². The summed E-state index contributed by atoms with van der Waals surface area (Å²) in [5.74, 6) is 0.856. The van der Waals surface area contributed by atoms with Crippen molar-refractivity contribution in [3.05, 3.63) is 29.8 Å². The second-order valence-corrected chi connectivity index (χ2v) is 4.94. The monoisotopic (exact) mass is 252 g/mol. The van der Waals surface area contributed by atoms with Crippen molar-refractivity contribution in [2.24, 2.45) is 0 Å². The van der Waals surface area contributed by atoms with Crippen molar-refractivity contribution in [3.8, 4) is 5.75 Å². The molecular formula is C15H24O3. The third-order valence-electron chi connectivity index (χ3n) is 3.18. The Morgan fingerprint density at radius 1 is 1.22 bits per heavy atom. The summed E-state index contributed by atoms with van der Waals surface area (Å²) >= 11 is 0. The van der Waals surface area contributed by atoms with Crippen molar-refractivity contribution in [1.29, 1.82) is 0 Å². The second-order valence-electron chi connectivity index (χ2n) is 4.94. The number of benzene rings is 1. The van der Waals surface area contributed by atoms with Crippen LogP contribution in [0.15, 0.2) is 24.3 Å². The predicted molar refractivity (Wildman–Crippen MR) is 73.0 cm³/mol. The largest absolute Gasteiger partial charge is 0.497 e. The summed E-state index contributed by atoms with van der Waals surface area (Å²) in [6.45, 7) is 6.41. The van der Waals surface area contributed by atoms with Gasteiger partial charge in [-0.25, -0.2) is 0 Å². The van der Waals surface area contributed by atoms with E-state index in [1.165, 1.54) is 5.56 Å². The first kappa shape index (κ1) is 15.0. The molecule has 1 rings (SSSR count). The van der Waals surface area contributed by atoms with Crippen LogP contribution in [0, 0.1) is 0 Å². The molecule has 1 unspecified atom stereocenters. The lowest BCUT2D eigenvalue weighted by molar-refractivity contribution is -0.0984. The summed E-state index contributed by atoms with van der Waals surface area (Å²) in [5.41, 5.74) is 0.712. The molecule has 0 aromatic heterocycles. The van der Waals surface area contributed by atoms with Crippen LogP contribution in [-0.4, -0.2) is 30.5 Å². The Bertz CT molecular complexity index is 343. The minimum atomic E-state index is -0.485. The molecule has 0 saturated heterocycles. The number of rotatable bonds is 7. The van der Waals surface area contributed by atoms with Gasteiger partial charge in [-0.15, -0.1) is 0 Å². The van der Waals surface area contributed by atoms with Crippen LogP contribution in [0.2, 0.25) is 0 Å². The topological polar surface area (TPSA) is 38.7 Å². The van der Waals surface area contributed by atoms with Gasteiger partial charge in [0.1, 0.15) is 5.75 Å². The minimum Gasteiger partial charge on any atom is -0.497 e. The Balaban J connectivity index is 2.48. The third-order valence-corrected chi connectivity index (χ3v) is 3.18. The first-order valence-electron chi connectivity index (χ1n) is 6.44. The smallest absolute Gasteiger partial charge is 0.118 e. The molecule has 1 atom stereocenters. The zero-order chi connectivity index (χ0) is 13.6. The van der Waals surface area contributed by atoms with Crippen LogP contribution in [0.1, 0.15) is 32.8 Å². The molecule has 0 fully saturated rings. The lowest BCUT2D eigenvalue weighted by atomic mass is 9.95. The maximum absolute atomic E-state index is 10.1. The number of hydrogen-bond donors (Lipinski definition) is 1. The molecule has 1 aromatic rings. The van der Waals surface area contributed by atoms with E-state index in [4.69, 9.17) is 9.47 Å². The van der Waals surface area contributed by atoms with E-state index >= 15 is 0 Å². The average Bonchev–Trinajstić information content (AvgIpc) is 2.36. The number of aliphatic hydroxyl groups is 1. The summed E-state index contributed by atoms with van der Waals surface area (Å²) in [5, 5.41) is 10.1. The molecule has 0 aliphatic heterocycles. The van der Waals surface area contributed by atoms with Gasteiger partial charge in [0.2, 0.25) is 0 Å². The Labute approximate surface area is 110 Å². The van der Waals surface area contributed by atoms with Gasteiger partial charge in [0, 0.05) is 6.61 Å². The van der Waals surface area contributed by atoms with Gasteiger partial charge in [-0.05, 0) is 51.3 Å². The molecule has 102 valence electrons. The summed E-state index contributed by atoms with van der Waals surface area (Å²) in [6, 6.07) is 7.93. The van der Waals surface area contributed by atoms with Crippen LogP contribution in [0.4, 0.5) is 0 Å². The number of methoxy groups -OCH3 is 1. The quantitative estimate of drug-likeness (QED) is 0.811. The van der Waals surface area contributed by atoms with E-state index in [1.807, 2.05) is 45.0 Å². The molecule has 18 heavy (non-hydrogen) atoms. The maximum atomic E-state index is 10.1. The lowest BCUT2D eigenvalue weighted by Gasteiger charge is -2.30. The minimum absolute atomic E-state index is 0.459. The molecule has 0 aliphatic carbocycles. The fourth-order valence-electron chi connectivity index (χ4n) is 1.91. The molecule has 1 aromatic carbocycles. The lowest BCUT2D eigenvalue weighted by Crippen LogP contribution is -2.39. The SMILES string of the molecule is CCOC(C)(C)C(O)CCc1ccc(OC)cc1. The predicted octanol–water partition coefficient (Wildman–Crippen LogP) is 2.80. The van der Waals surface area contributed by atoms with Gasteiger partial charge in [0.15, 0.2) is 0 Å². The molecule has 0 heterocycles. The Hall–Kier alpha value is -1.06. The molecule has 0 spiro atoms. The second kappa shape index (κ2) is 6.76. The Morgan fingerprint density at radius 3 is 2.33 bits per heavy atom. The normalized spacial score (nSPS) is 13.4. The van der Waals surface area contributed by atoms with Crippen LogP contribution in [0.3, 0.4) is 0 Å². The van der Waals surface area contributed by atoms with Crippen molar-refractivity contribution in [2.75, 3.05) is 13.7 Å². The highest BCUT2D eigenvalue weighted by Crippen LogP contribution is 2.20. The van der Waals surface area contributed by atoms with Gasteiger partial charge in [-0.1, -0.05) is 12.1 Å². The fourth-order valence-corrected chi connectivity index (χ4v) is 1.91. The number of ether oxygens (including phenoxy) is 2. The van der Waals surface area contributed by atoms with Crippen LogP contribution in [-0.2, 0) is 11.2 Å². The van der Waals surface area contributed by atoms with Crippen molar-refractivity contribution >= 4 is 0 Å². The molecule has 1 N–H and O–H groups in total. The van der Waals surface area contributed by atoms with Crippen molar-refractivity contribution in [1.82, 2.24) is 0 Å². The summed E-state index contributed by atoms with van der Waals surface area (Å²) < 4.78 is 10.7. The zero-order valence-corrected chi connectivity index (χ0v) is 11.8. The zero-order valence-electron chi connectivity index (χ0n) is 11.8. The number of hydrogen-bond acceptors (Lipinski definition) is 3. The first-order valence-corrected chi connectivity index (χ1v) is 6.44. The van der Waals surface area contributed by atoms with Gasteiger partial charge in [0.05, 0.1) is 18.8 Å². The highest BCUT2D eigenvalue weighted by Gasteiger charge is 2.27. The fraction of sp³-hybridized carbons (Fsp3) is 0.600. The summed E-state index contributed by atoms with van der Waals surface area (Å²) in [4.78, 5) is 0. The van der Waals surface area contributed by atoms with Crippen LogP contribution >= 0.6 is 0 Å². The van der Waals surface area contributed by atoms with E-state index < -0.39 is 11.7 Å². The molecule has 0 bridgehead atoms. The average molecular weight is 252 g/mol. The van der Waals surface area contributed by atoms with Crippen molar-refractivity contribution < 1.29 is 14.6 Å². The Morgan fingerprint density at radius 2 is 1.83 bits per heavy atom. The molecule has 3 nitrogen and oxygen atoms in total. The molecule has 3 heteroatoms. The summed E-state index contributed by atoms with van der Waals surface area (Å²) in [7, 11) is 1.66. The van der Waals surface area contributed by atoms with Gasteiger partial charge < -0.3 is 14.6 Å². The maximum Gasteiger partial charge on any atom is 0.118 e. The highest BCUT2D eigenvalue weighted by molar-refractivity contribution is 5.27.